The Morgan fingerprint density at radius 1 is 0.842 bits per heavy atom. The molecule has 3 unspecified atom stereocenters. The number of rotatable bonds is 22. The van der Waals surface area contributed by atoms with Crippen molar-refractivity contribution in [3.8, 4) is 0 Å². The molecule has 0 saturated carbocycles. The zero-order valence-electron chi connectivity index (χ0n) is 21.6. The van der Waals surface area contributed by atoms with Gasteiger partial charge >= 0.3 is 11.9 Å². The average molecular weight is 567 g/mol. The molecule has 0 radical (unpaired) electrons. The quantitative estimate of drug-likeness (QED) is 0.0647. The molecule has 218 valence electrons. The highest BCUT2D eigenvalue weighted by Crippen LogP contribution is 2.02. The van der Waals surface area contributed by atoms with E-state index in [1.165, 1.54) is 6.92 Å². The van der Waals surface area contributed by atoms with Gasteiger partial charge < -0.3 is 40.2 Å². The Hall–Kier alpha value is -2.95. The Morgan fingerprint density at radius 2 is 1.45 bits per heavy atom. The predicted octanol–water partition coefficient (Wildman–Crippen LogP) is -1.57. The van der Waals surface area contributed by atoms with E-state index in [0.29, 0.717) is 12.8 Å². The van der Waals surface area contributed by atoms with Crippen molar-refractivity contribution in [3.63, 3.8) is 0 Å². The molecule has 15 nitrogen and oxygen atoms in total. The van der Waals surface area contributed by atoms with Crippen LogP contribution in [0.5, 0.6) is 0 Å². The molecule has 0 aromatic rings. The largest absolute Gasteiger partial charge is 0.593 e. The van der Waals surface area contributed by atoms with Crippen LogP contribution < -0.4 is 20.7 Å². The van der Waals surface area contributed by atoms with E-state index in [1.54, 1.807) is 6.92 Å². The highest BCUT2D eigenvalue weighted by atomic mass is 32.2. The number of nitrogens with one attached hydrogen (secondary N) is 4. The van der Waals surface area contributed by atoms with Gasteiger partial charge in [-0.25, -0.2) is 9.59 Å². The van der Waals surface area contributed by atoms with Crippen molar-refractivity contribution >= 4 is 46.9 Å². The molecular weight excluding hydrogens is 528 g/mol. The van der Waals surface area contributed by atoms with Crippen LogP contribution in [0.15, 0.2) is 0 Å². The molecule has 0 spiro atoms. The van der Waals surface area contributed by atoms with Crippen LogP contribution in [0.25, 0.3) is 0 Å². The van der Waals surface area contributed by atoms with E-state index >= 15 is 0 Å². The second-order valence-corrected chi connectivity index (χ2v) is 9.37. The molecular formula is C22H38N4O11S. The molecule has 16 heteroatoms. The SMILES string of the molecule is CCCC(NC(=O)CCC(NC(=O)COCCOCCNC(=O)CCC[S+]([O-])NC(C)=O)C(=O)O)C(=O)O. The Labute approximate surface area is 224 Å². The van der Waals surface area contributed by atoms with Crippen LogP contribution in [0.2, 0.25) is 0 Å². The first-order valence-corrected chi connectivity index (χ1v) is 13.4. The number of amides is 4. The molecule has 0 aliphatic carbocycles. The average Bonchev–Trinajstić information content (AvgIpc) is 2.82. The molecule has 6 N–H and O–H groups in total. The first-order valence-electron chi connectivity index (χ1n) is 12.1. The van der Waals surface area contributed by atoms with Crippen LogP contribution in [0.3, 0.4) is 0 Å². The fraction of sp³-hybridized carbons (Fsp3) is 0.727. The fourth-order valence-corrected chi connectivity index (χ4v) is 3.72. The number of carboxylic acid groups (broad SMARTS) is 2. The van der Waals surface area contributed by atoms with E-state index in [2.05, 4.69) is 20.7 Å². The van der Waals surface area contributed by atoms with Crippen molar-refractivity contribution in [1.82, 2.24) is 20.7 Å². The molecule has 3 atom stereocenters. The van der Waals surface area contributed by atoms with E-state index < -0.39 is 59.7 Å². The van der Waals surface area contributed by atoms with Crippen LogP contribution in [0.4, 0.5) is 0 Å². The lowest BCUT2D eigenvalue weighted by Crippen LogP contribution is -2.44. The van der Waals surface area contributed by atoms with Crippen molar-refractivity contribution in [3.05, 3.63) is 0 Å². The lowest BCUT2D eigenvalue weighted by atomic mass is 10.1. The maximum absolute atomic E-state index is 11.9. The highest BCUT2D eigenvalue weighted by Gasteiger charge is 2.23. The van der Waals surface area contributed by atoms with Gasteiger partial charge in [-0.3, -0.25) is 19.2 Å². The van der Waals surface area contributed by atoms with Gasteiger partial charge in [0.1, 0.15) is 24.4 Å². The van der Waals surface area contributed by atoms with Gasteiger partial charge in [0.05, 0.1) is 31.2 Å². The Balaban J connectivity index is 3.98. The minimum Gasteiger partial charge on any atom is -0.593 e. The molecule has 0 rings (SSSR count). The maximum atomic E-state index is 11.9. The molecule has 0 aliphatic heterocycles. The molecule has 0 aromatic heterocycles. The Morgan fingerprint density at radius 3 is 2.05 bits per heavy atom. The van der Waals surface area contributed by atoms with Crippen LogP contribution in [0, 0.1) is 0 Å². The monoisotopic (exact) mass is 566 g/mol. The standard InChI is InChI=1S/C22H38N4O11S/c1-3-5-16(21(31)32)24-19(29)8-7-17(22(33)34)25-20(30)14-37-12-11-36-10-9-23-18(28)6-4-13-38(35)26-15(2)27/h16-17H,3-14H2,1-2H3,(H,23,28)(H,24,29)(H,25,30)(H,26,27)(H,31,32)(H,33,34). The van der Waals surface area contributed by atoms with Crippen molar-refractivity contribution < 1.29 is 53.0 Å². The summed E-state index contributed by atoms with van der Waals surface area (Å²) in [6.07, 6.45) is 0.755. The number of ether oxygens (including phenoxy) is 2. The predicted molar refractivity (Wildman–Crippen MR) is 134 cm³/mol. The number of carbonyl (C=O) groups excluding carboxylic acids is 4. The lowest BCUT2D eigenvalue weighted by Gasteiger charge is -2.16. The van der Waals surface area contributed by atoms with E-state index in [4.69, 9.17) is 14.6 Å². The molecule has 0 heterocycles. The second kappa shape index (κ2) is 21.0. The third-order valence-corrected chi connectivity index (χ3v) is 5.84. The summed E-state index contributed by atoms with van der Waals surface area (Å²) in [4.78, 5) is 68.8. The summed E-state index contributed by atoms with van der Waals surface area (Å²) >= 11 is -1.51. The zero-order chi connectivity index (χ0) is 28.9. The van der Waals surface area contributed by atoms with Crippen LogP contribution in [0.1, 0.15) is 52.4 Å². The van der Waals surface area contributed by atoms with Gasteiger partial charge in [-0.15, -0.1) is 0 Å². The Bertz CT molecular complexity index is 784. The Kier molecular flexibility index (Phi) is 19.4. The van der Waals surface area contributed by atoms with Crippen molar-refractivity contribution in [2.24, 2.45) is 0 Å². The zero-order valence-corrected chi connectivity index (χ0v) is 22.4. The molecule has 38 heavy (non-hydrogen) atoms. The summed E-state index contributed by atoms with van der Waals surface area (Å²) in [6, 6.07) is -2.41. The topological polar surface area (TPSA) is 233 Å². The van der Waals surface area contributed by atoms with Gasteiger partial charge in [-0.05, 0) is 12.8 Å². The maximum Gasteiger partial charge on any atom is 0.326 e. The van der Waals surface area contributed by atoms with Gasteiger partial charge in [0.2, 0.25) is 17.7 Å². The van der Waals surface area contributed by atoms with Crippen molar-refractivity contribution in [2.75, 3.05) is 38.7 Å². The number of hydrogen-bond acceptors (Lipinski definition) is 9. The minimum absolute atomic E-state index is 0.0322. The summed E-state index contributed by atoms with van der Waals surface area (Å²) in [7, 11) is 0. The normalized spacial score (nSPS) is 13.0. The summed E-state index contributed by atoms with van der Waals surface area (Å²) in [5.41, 5.74) is 0. The number of carbonyl (C=O) groups is 6. The smallest absolute Gasteiger partial charge is 0.326 e. The van der Waals surface area contributed by atoms with Crippen molar-refractivity contribution in [2.45, 2.75) is 64.5 Å². The minimum atomic E-state index is -1.51. The fourth-order valence-electron chi connectivity index (χ4n) is 2.89. The first kappa shape index (κ1) is 35.0. The van der Waals surface area contributed by atoms with Crippen molar-refractivity contribution in [1.29, 1.82) is 0 Å². The van der Waals surface area contributed by atoms with Gasteiger partial charge in [0.25, 0.3) is 5.91 Å². The molecule has 0 bridgehead atoms. The van der Waals surface area contributed by atoms with Gasteiger partial charge in [0.15, 0.2) is 0 Å². The number of hydrogen-bond donors (Lipinski definition) is 6. The summed E-state index contributed by atoms with van der Waals surface area (Å²) in [6.45, 7) is 3.14. The second-order valence-electron chi connectivity index (χ2n) is 8.07. The molecule has 0 fully saturated rings. The van der Waals surface area contributed by atoms with E-state index in [-0.39, 0.29) is 63.7 Å². The van der Waals surface area contributed by atoms with E-state index in [9.17, 15) is 38.4 Å². The molecule has 4 amide bonds. The van der Waals surface area contributed by atoms with Crippen LogP contribution >= 0.6 is 0 Å². The number of aliphatic carboxylic acids is 2. The molecule has 0 aromatic carbocycles. The van der Waals surface area contributed by atoms with Gasteiger partial charge in [0, 0.05) is 32.7 Å². The van der Waals surface area contributed by atoms with Gasteiger partial charge in [-0.2, -0.15) is 4.72 Å². The summed E-state index contributed by atoms with van der Waals surface area (Å²) in [5, 5.41) is 25.5. The third-order valence-electron chi connectivity index (χ3n) is 4.67. The van der Waals surface area contributed by atoms with Crippen LogP contribution in [-0.2, 0) is 49.6 Å². The first-order chi connectivity index (χ1) is 18.0. The van der Waals surface area contributed by atoms with E-state index in [0.717, 1.165) is 0 Å². The van der Waals surface area contributed by atoms with Crippen LogP contribution in [-0.4, -0.2) is 101 Å². The summed E-state index contributed by atoms with van der Waals surface area (Å²) < 4.78 is 24.0. The third kappa shape index (κ3) is 19.2. The van der Waals surface area contributed by atoms with Gasteiger partial charge in [-0.1, -0.05) is 13.3 Å². The summed E-state index contributed by atoms with van der Waals surface area (Å²) in [5.74, 6) is -4.36. The molecule has 0 aliphatic rings. The lowest BCUT2D eigenvalue weighted by molar-refractivity contribution is -0.144. The highest BCUT2D eigenvalue weighted by molar-refractivity contribution is 7.90. The number of carboxylic acids is 2. The van der Waals surface area contributed by atoms with E-state index in [1.807, 2.05) is 0 Å². The molecule has 0 saturated heterocycles.